The van der Waals surface area contributed by atoms with Crippen LogP contribution in [-0.2, 0) is 5.75 Å². The zero-order chi connectivity index (χ0) is 13.0. The monoisotopic (exact) mass is 261 g/mol. The molecule has 0 heterocycles. The van der Waals surface area contributed by atoms with Crippen molar-refractivity contribution in [1.82, 2.24) is 0 Å². The van der Waals surface area contributed by atoms with E-state index in [4.69, 9.17) is 5.26 Å². The van der Waals surface area contributed by atoms with Crippen molar-refractivity contribution in [3.63, 3.8) is 0 Å². The molecule has 2 aromatic rings. The Kier molecular flexibility index (Phi) is 3.96. The van der Waals surface area contributed by atoms with Gasteiger partial charge in [-0.15, -0.1) is 11.8 Å². The highest BCUT2D eigenvalue weighted by Crippen LogP contribution is 2.24. The standard InChI is InChI=1S/C14H9F2NS/c15-12-2-4-13(5-3-12)18-9-11-7-10(8-17)1-6-14(11)16/h1-7H,9H2. The normalized spacial score (nSPS) is 10.1. The summed E-state index contributed by atoms with van der Waals surface area (Å²) in [4.78, 5) is 0.859. The molecule has 18 heavy (non-hydrogen) atoms. The van der Waals surface area contributed by atoms with Crippen molar-refractivity contribution in [3.05, 3.63) is 65.2 Å². The van der Waals surface area contributed by atoms with Crippen LogP contribution in [0.4, 0.5) is 8.78 Å². The zero-order valence-corrected chi connectivity index (χ0v) is 10.2. The Balaban J connectivity index is 2.10. The largest absolute Gasteiger partial charge is 0.207 e. The molecule has 0 spiro atoms. The molecule has 4 heteroatoms. The SMILES string of the molecule is N#Cc1ccc(F)c(CSc2ccc(F)cc2)c1. The van der Waals surface area contributed by atoms with Crippen molar-refractivity contribution in [3.8, 4) is 6.07 Å². The molecule has 0 radical (unpaired) electrons. The van der Waals surface area contributed by atoms with Crippen molar-refractivity contribution in [1.29, 1.82) is 5.26 Å². The highest BCUT2D eigenvalue weighted by Gasteiger charge is 2.04. The maximum Gasteiger partial charge on any atom is 0.127 e. The number of thioether (sulfide) groups is 1. The van der Waals surface area contributed by atoms with Crippen molar-refractivity contribution in [2.45, 2.75) is 10.6 Å². The number of hydrogen-bond donors (Lipinski definition) is 0. The number of benzene rings is 2. The van der Waals surface area contributed by atoms with Crippen LogP contribution >= 0.6 is 11.8 Å². The maximum absolute atomic E-state index is 13.5. The van der Waals surface area contributed by atoms with E-state index < -0.39 is 0 Å². The van der Waals surface area contributed by atoms with Gasteiger partial charge in [-0.3, -0.25) is 0 Å². The van der Waals surface area contributed by atoms with E-state index in [1.807, 2.05) is 6.07 Å². The third-order valence-electron chi connectivity index (χ3n) is 2.38. The average molecular weight is 261 g/mol. The van der Waals surface area contributed by atoms with Crippen LogP contribution in [0.3, 0.4) is 0 Å². The highest BCUT2D eigenvalue weighted by molar-refractivity contribution is 7.98. The van der Waals surface area contributed by atoms with Gasteiger partial charge in [0.05, 0.1) is 11.6 Å². The molecule has 0 amide bonds. The van der Waals surface area contributed by atoms with Crippen LogP contribution in [0.2, 0.25) is 0 Å². The molecule has 2 rings (SSSR count). The summed E-state index contributed by atoms with van der Waals surface area (Å²) in [6.45, 7) is 0. The molecule has 0 aliphatic rings. The van der Waals surface area contributed by atoms with Crippen LogP contribution in [0.5, 0.6) is 0 Å². The van der Waals surface area contributed by atoms with Crippen LogP contribution in [0.1, 0.15) is 11.1 Å². The van der Waals surface area contributed by atoms with Crippen LogP contribution in [0, 0.1) is 23.0 Å². The molecule has 0 saturated carbocycles. The van der Waals surface area contributed by atoms with E-state index in [-0.39, 0.29) is 11.6 Å². The Hall–Kier alpha value is -1.86. The number of rotatable bonds is 3. The molecule has 0 unspecified atom stereocenters. The summed E-state index contributed by atoms with van der Waals surface area (Å²) < 4.78 is 26.2. The summed E-state index contributed by atoms with van der Waals surface area (Å²) in [5.41, 5.74) is 0.912. The van der Waals surface area contributed by atoms with E-state index >= 15 is 0 Å². The van der Waals surface area contributed by atoms with E-state index in [1.54, 1.807) is 12.1 Å². The lowest BCUT2D eigenvalue weighted by molar-refractivity contribution is 0.617. The van der Waals surface area contributed by atoms with Gasteiger partial charge >= 0.3 is 0 Å². The summed E-state index contributed by atoms with van der Waals surface area (Å²) in [7, 11) is 0. The predicted octanol–water partition coefficient (Wildman–Crippen LogP) is 4.13. The van der Waals surface area contributed by atoms with E-state index in [9.17, 15) is 8.78 Å². The molecule has 0 aliphatic heterocycles. The Bertz CT molecular complexity index is 588. The molecule has 0 N–H and O–H groups in total. The second kappa shape index (κ2) is 5.65. The van der Waals surface area contributed by atoms with Gasteiger partial charge in [0.2, 0.25) is 0 Å². The third-order valence-corrected chi connectivity index (χ3v) is 3.44. The van der Waals surface area contributed by atoms with E-state index in [0.29, 0.717) is 16.9 Å². The van der Waals surface area contributed by atoms with E-state index in [1.165, 1.54) is 42.1 Å². The van der Waals surface area contributed by atoms with Gasteiger partial charge in [0.15, 0.2) is 0 Å². The summed E-state index contributed by atoms with van der Waals surface area (Å²) in [6.07, 6.45) is 0. The molecular formula is C14H9F2NS. The fourth-order valence-corrected chi connectivity index (χ4v) is 2.32. The number of hydrogen-bond acceptors (Lipinski definition) is 2. The first-order valence-electron chi connectivity index (χ1n) is 5.26. The Morgan fingerprint density at radius 3 is 2.44 bits per heavy atom. The summed E-state index contributed by atoms with van der Waals surface area (Å²) >= 11 is 1.40. The fourth-order valence-electron chi connectivity index (χ4n) is 1.45. The average Bonchev–Trinajstić information content (AvgIpc) is 2.40. The molecule has 0 saturated heterocycles. The summed E-state index contributed by atoms with van der Waals surface area (Å²) in [5.74, 6) is -0.215. The Morgan fingerprint density at radius 1 is 1.06 bits per heavy atom. The minimum Gasteiger partial charge on any atom is -0.207 e. The third kappa shape index (κ3) is 3.08. The van der Waals surface area contributed by atoms with Gasteiger partial charge in [0.1, 0.15) is 11.6 Å². The lowest BCUT2D eigenvalue weighted by Crippen LogP contribution is -1.89. The molecule has 90 valence electrons. The molecule has 0 aromatic heterocycles. The van der Waals surface area contributed by atoms with Gasteiger partial charge in [-0.25, -0.2) is 8.78 Å². The smallest absolute Gasteiger partial charge is 0.127 e. The maximum atomic E-state index is 13.5. The highest BCUT2D eigenvalue weighted by atomic mass is 32.2. The fraction of sp³-hybridized carbons (Fsp3) is 0.0714. The van der Waals surface area contributed by atoms with Gasteiger partial charge in [-0.1, -0.05) is 0 Å². The molecular weight excluding hydrogens is 252 g/mol. The second-order valence-electron chi connectivity index (χ2n) is 3.66. The van der Waals surface area contributed by atoms with Gasteiger partial charge < -0.3 is 0 Å². The second-order valence-corrected chi connectivity index (χ2v) is 4.71. The van der Waals surface area contributed by atoms with E-state index in [0.717, 1.165) is 4.90 Å². The first kappa shape index (κ1) is 12.6. The zero-order valence-electron chi connectivity index (χ0n) is 9.36. The van der Waals surface area contributed by atoms with Crippen LogP contribution in [-0.4, -0.2) is 0 Å². The Labute approximate surface area is 108 Å². The topological polar surface area (TPSA) is 23.8 Å². The molecule has 1 nitrogen and oxygen atoms in total. The number of halogens is 2. The van der Waals surface area contributed by atoms with Crippen LogP contribution in [0.25, 0.3) is 0 Å². The van der Waals surface area contributed by atoms with Gasteiger partial charge in [0.25, 0.3) is 0 Å². The first-order valence-corrected chi connectivity index (χ1v) is 6.24. The van der Waals surface area contributed by atoms with Crippen molar-refractivity contribution in [2.24, 2.45) is 0 Å². The van der Waals surface area contributed by atoms with Gasteiger partial charge in [0, 0.05) is 10.6 Å². The summed E-state index contributed by atoms with van der Waals surface area (Å²) in [6, 6.07) is 12.3. The summed E-state index contributed by atoms with van der Waals surface area (Å²) in [5, 5.41) is 8.75. The van der Waals surface area contributed by atoms with E-state index in [2.05, 4.69) is 0 Å². The van der Waals surface area contributed by atoms with Crippen LogP contribution < -0.4 is 0 Å². The van der Waals surface area contributed by atoms with Crippen molar-refractivity contribution < 1.29 is 8.78 Å². The lowest BCUT2D eigenvalue weighted by atomic mass is 10.1. The van der Waals surface area contributed by atoms with Crippen LogP contribution in [0.15, 0.2) is 47.4 Å². The molecule has 0 atom stereocenters. The minimum absolute atomic E-state index is 0.294. The predicted molar refractivity (Wildman–Crippen MR) is 67.1 cm³/mol. The quantitative estimate of drug-likeness (QED) is 0.776. The lowest BCUT2D eigenvalue weighted by Gasteiger charge is -2.04. The first-order chi connectivity index (χ1) is 8.69. The molecule has 0 aliphatic carbocycles. The number of nitriles is 1. The van der Waals surface area contributed by atoms with Crippen molar-refractivity contribution in [2.75, 3.05) is 0 Å². The number of nitrogens with zero attached hydrogens (tertiary/aromatic N) is 1. The Morgan fingerprint density at radius 2 is 1.78 bits per heavy atom. The molecule has 0 bridgehead atoms. The minimum atomic E-state index is -0.330. The molecule has 2 aromatic carbocycles. The van der Waals surface area contributed by atoms with Gasteiger partial charge in [-0.2, -0.15) is 5.26 Å². The van der Waals surface area contributed by atoms with Crippen molar-refractivity contribution >= 4 is 11.8 Å². The van der Waals surface area contributed by atoms with Gasteiger partial charge in [-0.05, 0) is 48.0 Å². The molecule has 0 fully saturated rings.